The molecule has 1 fully saturated rings. The lowest BCUT2D eigenvalue weighted by molar-refractivity contribution is -0.124. The van der Waals surface area contributed by atoms with Crippen LogP contribution < -0.4 is 4.74 Å². The fraction of sp³-hybridized carbons (Fsp3) is 0.348. The first kappa shape index (κ1) is 19.6. The average molecular weight is 412 g/mol. The van der Waals surface area contributed by atoms with E-state index in [1.54, 1.807) is 17.0 Å². The van der Waals surface area contributed by atoms with Crippen molar-refractivity contribution in [2.75, 3.05) is 0 Å². The third kappa shape index (κ3) is 3.92. The van der Waals surface area contributed by atoms with E-state index in [1.807, 2.05) is 31.2 Å². The van der Waals surface area contributed by atoms with Crippen molar-refractivity contribution in [3.63, 3.8) is 0 Å². The van der Waals surface area contributed by atoms with Crippen molar-refractivity contribution < 1.29 is 19.1 Å². The quantitative estimate of drug-likeness (QED) is 0.705. The summed E-state index contributed by atoms with van der Waals surface area (Å²) in [6, 6.07) is 10.6. The van der Waals surface area contributed by atoms with E-state index >= 15 is 0 Å². The van der Waals surface area contributed by atoms with E-state index in [9.17, 15) is 14.4 Å². The second-order valence-corrected chi connectivity index (χ2v) is 8.05. The highest BCUT2D eigenvalue weighted by Gasteiger charge is 2.38. The molecule has 1 aliphatic heterocycles. The lowest BCUT2D eigenvalue weighted by Gasteiger charge is -2.25. The van der Waals surface area contributed by atoms with Gasteiger partial charge >= 0.3 is 0 Å². The van der Waals surface area contributed by atoms with Gasteiger partial charge in [-0.1, -0.05) is 29.8 Å². The molecule has 0 saturated heterocycles. The summed E-state index contributed by atoms with van der Waals surface area (Å²) in [6.45, 7) is 2.63. The number of fused-ring (bicyclic) bond motifs is 1. The fourth-order valence-corrected chi connectivity index (χ4v) is 4.13. The highest BCUT2D eigenvalue weighted by atomic mass is 35.5. The summed E-state index contributed by atoms with van der Waals surface area (Å²) in [4.78, 5) is 38.8. The first-order chi connectivity index (χ1) is 13.9. The number of ether oxygens (including phenoxy) is 1. The Bertz CT molecular complexity index is 1000. The second kappa shape index (κ2) is 7.99. The molecule has 5 nitrogen and oxygen atoms in total. The average Bonchev–Trinajstić information content (AvgIpc) is 2.94. The van der Waals surface area contributed by atoms with Gasteiger partial charge in [-0.2, -0.15) is 0 Å². The summed E-state index contributed by atoms with van der Waals surface area (Å²) in [5.41, 5.74) is 3.33. The van der Waals surface area contributed by atoms with Crippen LogP contribution in [0.15, 0.2) is 36.4 Å². The van der Waals surface area contributed by atoms with Crippen molar-refractivity contribution >= 4 is 29.1 Å². The number of halogens is 1. The number of benzene rings is 2. The molecule has 6 heteroatoms. The molecule has 1 saturated carbocycles. The Labute approximate surface area is 174 Å². The molecular weight excluding hydrogens is 390 g/mol. The minimum Gasteiger partial charge on any atom is -0.489 e. The summed E-state index contributed by atoms with van der Waals surface area (Å²) in [7, 11) is 0. The second-order valence-electron chi connectivity index (χ2n) is 7.65. The predicted octanol–water partition coefficient (Wildman–Crippen LogP) is 4.26. The Morgan fingerprint density at radius 3 is 2.72 bits per heavy atom. The lowest BCUT2D eigenvalue weighted by Crippen LogP contribution is -2.40. The van der Waals surface area contributed by atoms with Crippen LogP contribution in [0, 0.1) is 6.92 Å². The van der Waals surface area contributed by atoms with Crippen molar-refractivity contribution in [2.24, 2.45) is 0 Å². The topological polar surface area (TPSA) is 63.7 Å². The van der Waals surface area contributed by atoms with E-state index in [0.29, 0.717) is 42.3 Å². The van der Waals surface area contributed by atoms with Gasteiger partial charge in [0.2, 0.25) is 0 Å². The molecule has 0 aromatic heterocycles. The van der Waals surface area contributed by atoms with Crippen LogP contribution in [0.4, 0.5) is 0 Å². The van der Waals surface area contributed by atoms with Crippen LogP contribution >= 0.6 is 11.6 Å². The van der Waals surface area contributed by atoms with Crippen molar-refractivity contribution in [1.82, 2.24) is 4.90 Å². The Morgan fingerprint density at radius 1 is 1.10 bits per heavy atom. The molecule has 1 unspecified atom stereocenters. The molecule has 0 bridgehead atoms. The van der Waals surface area contributed by atoms with E-state index in [2.05, 4.69) is 0 Å². The number of nitrogens with zero attached hydrogens (tertiary/aromatic N) is 1. The third-order valence-electron chi connectivity index (χ3n) is 5.66. The summed E-state index contributed by atoms with van der Waals surface area (Å²) in [6.07, 6.45) is 1.23. The van der Waals surface area contributed by atoms with Crippen molar-refractivity contribution in [1.29, 1.82) is 0 Å². The van der Waals surface area contributed by atoms with E-state index in [0.717, 1.165) is 16.7 Å². The highest BCUT2D eigenvalue weighted by Crippen LogP contribution is 2.34. The number of carbonyl (C=O) groups is 3. The van der Waals surface area contributed by atoms with E-state index in [4.69, 9.17) is 16.3 Å². The van der Waals surface area contributed by atoms with Crippen molar-refractivity contribution in [3.05, 3.63) is 63.7 Å². The maximum atomic E-state index is 13.0. The molecule has 0 spiro atoms. The van der Waals surface area contributed by atoms with Gasteiger partial charge in [0.15, 0.2) is 5.78 Å². The minimum atomic E-state index is -0.534. The number of hydrogen-bond acceptors (Lipinski definition) is 4. The Kier molecular flexibility index (Phi) is 5.41. The molecule has 29 heavy (non-hydrogen) atoms. The van der Waals surface area contributed by atoms with Gasteiger partial charge < -0.3 is 9.64 Å². The number of ketones is 2. The van der Waals surface area contributed by atoms with Crippen LogP contribution in [-0.4, -0.2) is 28.4 Å². The van der Waals surface area contributed by atoms with Crippen LogP contribution in [0.5, 0.6) is 5.75 Å². The van der Waals surface area contributed by atoms with Gasteiger partial charge in [-0.05, 0) is 42.7 Å². The zero-order chi connectivity index (χ0) is 20.5. The lowest BCUT2D eigenvalue weighted by atomic mass is 10.1. The molecule has 150 valence electrons. The first-order valence-corrected chi connectivity index (χ1v) is 10.2. The van der Waals surface area contributed by atoms with Gasteiger partial charge in [-0.15, -0.1) is 0 Å². The number of amides is 1. The molecule has 1 heterocycles. The van der Waals surface area contributed by atoms with Crippen LogP contribution in [-0.2, 0) is 22.7 Å². The third-order valence-corrected chi connectivity index (χ3v) is 6.09. The summed E-state index contributed by atoms with van der Waals surface area (Å²) in [5.74, 6) is 0.534. The molecule has 2 aromatic carbocycles. The highest BCUT2D eigenvalue weighted by molar-refractivity contribution is 6.31. The number of hydrogen-bond donors (Lipinski definition) is 0. The fourth-order valence-electron chi connectivity index (χ4n) is 4.01. The molecule has 0 N–H and O–H groups in total. The van der Waals surface area contributed by atoms with Gasteiger partial charge in [-0.25, -0.2) is 0 Å². The number of aryl methyl sites for hydroxylation is 1. The maximum Gasteiger partial charge on any atom is 0.255 e. The van der Waals surface area contributed by atoms with Crippen LogP contribution in [0.3, 0.4) is 0 Å². The Hall–Kier alpha value is -2.66. The molecule has 2 aromatic rings. The SMILES string of the molecule is Cc1cc(COc2cccc3c2CN(C2CCC(=O)CCC2=O)C3=O)ccc1Cl. The van der Waals surface area contributed by atoms with Gasteiger partial charge in [0.1, 0.15) is 18.1 Å². The predicted molar refractivity (Wildman–Crippen MR) is 109 cm³/mol. The number of carbonyl (C=O) groups excluding carboxylic acids is 3. The Morgan fingerprint density at radius 2 is 1.93 bits per heavy atom. The molecule has 2 aliphatic rings. The van der Waals surface area contributed by atoms with Crippen molar-refractivity contribution in [2.45, 2.75) is 51.8 Å². The van der Waals surface area contributed by atoms with Gasteiger partial charge in [0.05, 0.1) is 12.6 Å². The molecule has 0 radical (unpaired) electrons. The molecular formula is C23H22ClNO4. The van der Waals surface area contributed by atoms with Gasteiger partial charge in [-0.3, -0.25) is 14.4 Å². The number of rotatable bonds is 4. The first-order valence-electron chi connectivity index (χ1n) is 9.79. The summed E-state index contributed by atoms with van der Waals surface area (Å²) < 4.78 is 6.02. The van der Waals surface area contributed by atoms with Crippen molar-refractivity contribution in [3.8, 4) is 5.75 Å². The standard InChI is InChI=1S/C23H22ClNO4/c1-14-11-15(5-8-19(14)24)13-29-22-4-2-3-17-18(22)12-25(23(17)28)20-9-6-16(26)7-10-21(20)27/h2-5,8,11,20H,6-7,9-10,12-13H2,1H3. The van der Waals surface area contributed by atoms with E-state index in [-0.39, 0.29) is 30.3 Å². The zero-order valence-corrected chi connectivity index (χ0v) is 17.0. The number of Topliss-reactive ketones (excluding diaryl/α,β-unsaturated/α-hetero) is 2. The van der Waals surface area contributed by atoms with Crippen LogP contribution in [0.25, 0.3) is 0 Å². The minimum absolute atomic E-state index is 0.0314. The molecule has 1 atom stereocenters. The normalized spacial score (nSPS) is 19.3. The molecule has 1 amide bonds. The van der Waals surface area contributed by atoms with E-state index < -0.39 is 6.04 Å². The monoisotopic (exact) mass is 411 g/mol. The van der Waals surface area contributed by atoms with Gasteiger partial charge in [0, 0.05) is 35.4 Å². The smallest absolute Gasteiger partial charge is 0.255 e. The van der Waals surface area contributed by atoms with Crippen LogP contribution in [0.2, 0.25) is 5.02 Å². The maximum absolute atomic E-state index is 13.0. The summed E-state index contributed by atoms with van der Waals surface area (Å²) >= 11 is 6.08. The molecule has 1 aliphatic carbocycles. The van der Waals surface area contributed by atoms with Gasteiger partial charge in [0.25, 0.3) is 5.91 Å². The molecule has 4 rings (SSSR count). The van der Waals surface area contributed by atoms with E-state index in [1.165, 1.54) is 0 Å². The Balaban J connectivity index is 1.54. The largest absolute Gasteiger partial charge is 0.489 e. The zero-order valence-electron chi connectivity index (χ0n) is 16.2. The van der Waals surface area contributed by atoms with Crippen LogP contribution in [0.1, 0.15) is 52.7 Å². The summed E-state index contributed by atoms with van der Waals surface area (Å²) in [5, 5.41) is 0.710.